The van der Waals surface area contributed by atoms with E-state index in [4.69, 9.17) is 10.5 Å². The van der Waals surface area contributed by atoms with E-state index < -0.39 is 0 Å². The highest BCUT2D eigenvalue weighted by atomic mass is 16.5. The third-order valence-electron chi connectivity index (χ3n) is 2.05. The molecule has 0 fully saturated rings. The monoisotopic (exact) mass is 176 g/mol. The van der Waals surface area contributed by atoms with Gasteiger partial charge < -0.3 is 10.5 Å². The molecule has 0 bridgehead atoms. The molecule has 1 aromatic rings. The van der Waals surface area contributed by atoms with E-state index in [1.165, 1.54) is 5.56 Å². The third-order valence-corrected chi connectivity index (χ3v) is 2.05. The van der Waals surface area contributed by atoms with E-state index in [1.807, 2.05) is 18.2 Å². The molecule has 0 amide bonds. The van der Waals surface area contributed by atoms with Crippen LogP contribution in [0.4, 0.5) is 0 Å². The largest absolute Gasteiger partial charge is 0.463 e. The molecule has 68 valence electrons. The lowest BCUT2D eigenvalue weighted by atomic mass is 10.1. The molecule has 0 aromatic heterocycles. The summed E-state index contributed by atoms with van der Waals surface area (Å²) in [5.41, 5.74) is 6.68. The van der Waals surface area contributed by atoms with E-state index in [1.54, 1.807) is 0 Å². The van der Waals surface area contributed by atoms with Crippen molar-refractivity contribution in [3.63, 3.8) is 0 Å². The van der Waals surface area contributed by atoms with Crippen LogP contribution >= 0.6 is 0 Å². The fourth-order valence-electron chi connectivity index (χ4n) is 1.43. The zero-order valence-corrected chi connectivity index (χ0v) is 7.31. The Morgan fingerprint density at radius 3 is 2.77 bits per heavy atom. The Hall–Kier alpha value is -1.51. The lowest BCUT2D eigenvalue weighted by molar-refractivity contribution is 0.312. The Kier molecular flexibility index (Phi) is 2.17. The molecule has 1 atom stereocenters. The van der Waals surface area contributed by atoms with Crippen molar-refractivity contribution >= 4 is 6.02 Å². The highest BCUT2D eigenvalue weighted by Gasteiger charge is 2.16. The number of ether oxygens (including phenoxy) is 1. The van der Waals surface area contributed by atoms with Gasteiger partial charge in [-0.15, -0.1) is 0 Å². The number of aliphatic imine (C=N–C) groups is 1. The molecule has 1 heterocycles. The first-order valence-corrected chi connectivity index (χ1v) is 4.34. The topological polar surface area (TPSA) is 47.6 Å². The number of rotatable bonds is 2. The molecule has 0 saturated carbocycles. The standard InChI is InChI=1S/C10H12N2O/c11-10-12-9(7-13-10)6-8-4-2-1-3-5-8/h1-5,9H,6-7H2,(H2,11,12)/t9-/m1/s1. The summed E-state index contributed by atoms with van der Waals surface area (Å²) in [7, 11) is 0. The second-order valence-electron chi connectivity index (χ2n) is 3.12. The molecule has 0 saturated heterocycles. The maximum Gasteiger partial charge on any atom is 0.282 e. The molecule has 0 radical (unpaired) electrons. The molecule has 1 aromatic carbocycles. The molecule has 1 aliphatic rings. The molecule has 3 heteroatoms. The first-order chi connectivity index (χ1) is 6.34. The van der Waals surface area contributed by atoms with Gasteiger partial charge in [0.2, 0.25) is 0 Å². The molecule has 13 heavy (non-hydrogen) atoms. The number of nitrogens with two attached hydrogens (primary N) is 1. The molecule has 3 nitrogen and oxygen atoms in total. The minimum atomic E-state index is 0.197. The highest BCUT2D eigenvalue weighted by molar-refractivity contribution is 5.73. The normalized spacial score (nSPS) is 20.9. The van der Waals surface area contributed by atoms with Crippen molar-refractivity contribution in [2.75, 3.05) is 6.61 Å². The molecule has 1 aliphatic heterocycles. The summed E-state index contributed by atoms with van der Waals surface area (Å²) in [5.74, 6) is 0. The summed E-state index contributed by atoms with van der Waals surface area (Å²) in [6.45, 7) is 0.612. The van der Waals surface area contributed by atoms with Crippen LogP contribution in [0, 0.1) is 0 Å². The average molecular weight is 176 g/mol. The van der Waals surface area contributed by atoms with E-state index in [2.05, 4.69) is 17.1 Å². The van der Waals surface area contributed by atoms with Gasteiger partial charge in [-0.3, -0.25) is 0 Å². The smallest absolute Gasteiger partial charge is 0.282 e. The number of hydrogen-bond donors (Lipinski definition) is 1. The van der Waals surface area contributed by atoms with Gasteiger partial charge >= 0.3 is 0 Å². The number of benzene rings is 1. The van der Waals surface area contributed by atoms with Gasteiger partial charge in [0.15, 0.2) is 0 Å². The van der Waals surface area contributed by atoms with Crippen LogP contribution in [0.3, 0.4) is 0 Å². The quantitative estimate of drug-likeness (QED) is 0.729. The lowest BCUT2D eigenvalue weighted by Crippen LogP contribution is -2.11. The molecular weight excluding hydrogens is 164 g/mol. The van der Waals surface area contributed by atoms with Crippen molar-refractivity contribution < 1.29 is 4.74 Å². The highest BCUT2D eigenvalue weighted by Crippen LogP contribution is 2.09. The van der Waals surface area contributed by atoms with Gasteiger partial charge in [0.1, 0.15) is 6.61 Å². The second-order valence-corrected chi connectivity index (χ2v) is 3.12. The second kappa shape index (κ2) is 3.47. The fraction of sp³-hybridized carbons (Fsp3) is 0.300. The van der Waals surface area contributed by atoms with Crippen LogP contribution in [0.5, 0.6) is 0 Å². The molecule has 0 unspecified atom stereocenters. The number of amidine groups is 1. The van der Waals surface area contributed by atoms with Gasteiger partial charge in [-0.2, -0.15) is 0 Å². The van der Waals surface area contributed by atoms with Crippen LogP contribution in [0.1, 0.15) is 5.56 Å². The fourth-order valence-corrected chi connectivity index (χ4v) is 1.43. The lowest BCUT2D eigenvalue weighted by Gasteiger charge is -2.03. The third kappa shape index (κ3) is 1.99. The van der Waals surface area contributed by atoms with Gasteiger partial charge in [-0.25, -0.2) is 4.99 Å². The predicted molar refractivity (Wildman–Crippen MR) is 51.5 cm³/mol. The Bertz CT molecular complexity index is 308. The van der Waals surface area contributed by atoms with E-state index in [0.717, 1.165) is 6.42 Å². The zero-order valence-electron chi connectivity index (χ0n) is 7.31. The Morgan fingerprint density at radius 1 is 1.38 bits per heavy atom. The molecule has 0 spiro atoms. The van der Waals surface area contributed by atoms with E-state index >= 15 is 0 Å². The molecule has 2 rings (SSSR count). The van der Waals surface area contributed by atoms with Crippen LogP contribution < -0.4 is 5.73 Å². The van der Waals surface area contributed by atoms with Crippen molar-refractivity contribution in [1.82, 2.24) is 0 Å². The average Bonchev–Trinajstić information content (AvgIpc) is 2.53. The van der Waals surface area contributed by atoms with Crippen LogP contribution in [0.15, 0.2) is 35.3 Å². The minimum Gasteiger partial charge on any atom is -0.463 e. The molecular formula is C10H12N2O. The van der Waals surface area contributed by atoms with E-state index in [0.29, 0.717) is 12.6 Å². The Morgan fingerprint density at radius 2 is 2.15 bits per heavy atom. The zero-order chi connectivity index (χ0) is 9.10. The van der Waals surface area contributed by atoms with Gasteiger partial charge in [-0.05, 0) is 12.0 Å². The summed E-state index contributed by atoms with van der Waals surface area (Å²) in [5, 5.41) is 0. The van der Waals surface area contributed by atoms with Crippen LogP contribution in [0.2, 0.25) is 0 Å². The maximum atomic E-state index is 5.41. The summed E-state index contributed by atoms with van der Waals surface area (Å²) in [4.78, 5) is 4.16. The predicted octanol–water partition coefficient (Wildman–Crippen LogP) is 0.943. The summed E-state index contributed by atoms with van der Waals surface area (Å²) in [6.07, 6.45) is 0.904. The minimum absolute atomic E-state index is 0.197. The van der Waals surface area contributed by atoms with Crippen molar-refractivity contribution in [3.05, 3.63) is 35.9 Å². The summed E-state index contributed by atoms with van der Waals surface area (Å²) in [6, 6.07) is 10.7. The van der Waals surface area contributed by atoms with Crippen molar-refractivity contribution in [3.8, 4) is 0 Å². The van der Waals surface area contributed by atoms with Crippen LogP contribution in [0.25, 0.3) is 0 Å². The summed E-state index contributed by atoms with van der Waals surface area (Å²) >= 11 is 0. The van der Waals surface area contributed by atoms with E-state index in [9.17, 15) is 0 Å². The molecule has 2 N–H and O–H groups in total. The van der Waals surface area contributed by atoms with Crippen molar-refractivity contribution in [2.24, 2.45) is 10.7 Å². The van der Waals surface area contributed by atoms with Crippen LogP contribution in [-0.4, -0.2) is 18.7 Å². The number of nitrogens with zero attached hydrogens (tertiary/aromatic N) is 1. The SMILES string of the molecule is NC1=N[C@H](Cc2ccccc2)CO1. The Labute approximate surface area is 77.2 Å². The van der Waals surface area contributed by atoms with Crippen molar-refractivity contribution in [1.29, 1.82) is 0 Å². The Balaban J connectivity index is 2.00. The van der Waals surface area contributed by atoms with Gasteiger partial charge in [0.25, 0.3) is 6.02 Å². The van der Waals surface area contributed by atoms with Crippen LogP contribution in [-0.2, 0) is 11.2 Å². The van der Waals surface area contributed by atoms with Gasteiger partial charge in [0, 0.05) is 0 Å². The summed E-state index contributed by atoms with van der Waals surface area (Å²) < 4.78 is 5.07. The number of hydrogen-bond acceptors (Lipinski definition) is 3. The van der Waals surface area contributed by atoms with Gasteiger partial charge in [-0.1, -0.05) is 30.3 Å². The van der Waals surface area contributed by atoms with E-state index in [-0.39, 0.29) is 6.04 Å². The van der Waals surface area contributed by atoms with Gasteiger partial charge in [0.05, 0.1) is 6.04 Å². The first-order valence-electron chi connectivity index (χ1n) is 4.34. The maximum absolute atomic E-state index is 5.41. The van der Waals surface area contributed by atoms with Crippen molar-refractivity contribution in [2.45, 2.75) is 12.5 Å². The molecule has 0 aliphatic carbocycles. The first kappa shape index (κ1) is 8.10.